The Morgan fingerprint density at radius 1 is 0.900 bits per heavy atom. The molecule has 104 valence electrons. The van der Waals surface area contributed by atoms with E-state index in [-0.39, 0.29) is 5.41 Å². The van der Waals surface area contributed by atoms with E-state index >= 15 is 0 Å². The largest absolute Gasteiger partial charge is 0.387 e. The van der Waals surface area contributed by atoms with E-state index in [0.29, 0.717) is 0 Å². The van der Waals surface area contributed by atoms with Crippen LogP contribution in [-0.4, -0.2) is 0 Å². The standard InChI is InChI=1S/C19H23N/c1-19(2,3)18-11-9-17(10-12-18)15-20-14-13-16-7-5-4-6-8-16/h4-14,20H,15H2,1-3H3. The average molecular weight is 265 g/mol. The van der Waals surface area contributed by atoms with Crippen LogP contribution in [0.5, 0.6) is 0 Å². The Hall–Kier alpha value is -2.02. The third-order valence-corrected chi connectivity index (χ3v) is 3.32. The zero-order chi connectivity index (χ0) is 14.4. The highest BCUT2D eigenvalue weighted by molar-refractivity contribution is 5.48. The summed E-state index contributed by atoms with van der Waals surface area (Å²) in [5, 5.41) is 3.33. The monoisotopic (exact) mass is 265 g/mol. The second-order valence-corrected chi connectivity index (χ2v) is 6.07. The molecule has 1 N–H and O–H groups in total. The molecule has 0 bridgehead atoms. The zero-order valence-corrected chi connectivity index (χ0v) is 12.6. The number of nitrogens with one attached hydrogen (secondary N) is 1. The van der Waals surface area contributed by atoms with E-state index < -0.39 is 0 Å². The van der Waals surface area contributed by atoms with E-state index in [1.54, 1.807) is 0 Å². The van der Waals surface area contributed by atoms with Crippen molar-refractivity contribution in [1.29, 1.82) is 0 Å². The van der Waals surface area contributed by atoms with Crippen LogP contribution in [0.3, 0.4) is 0 Å². The lowest BCUT2D eigenvalue weighted by molar-refractivity contribution is 0.590. The van der Waals surface area contributed by atoms with Gasteiger partial charge in [-0.05, 0) is 34.4 Å². The molecule has 0 atom stereocenters. The summed E-state index contributed by atoms with van der Waals surface area (Å²) in [4.78, 5) is 0. The van der Waals surface area contributed by atoms with Crippen LogP contribution in [0.1, 0.15) is 37.5 Å². The first-order valence-corrected chi connectivity index (χ1v) is 7.10. The highest BCUT2D eigenvalue weighted by Crippen LogP contribution is 2.22. The van der Waals surface area contributed by atoms with Gasteiger partial charge in [-0.25, -0.2) is 0 Å². The highest BCUT2D eigenvalue weighted by Gasteiger charge is 2.12. The van der Waals surface area contributed by atoms with Crippen molar-refractivity contribution in [2.75, 3.05) is 0 Å². The van der Waals surface area contributed by atoms with Crippen LogP contribution in [-0.2, 0) is 12.0 Å². The van der Waals surface area contributed by atoms with Crippen molar-refractivity contribution in [2.45, 2.75) is 32.7 Å². The molecule has 2 aromatic rings. The maximum Gasteiger partial charge on any atom is 0.0395 e. The van der Waals surface area contributed by atoms with Crippen LogP contribution < -0.4 is 5.32 Å². The van der Waals surface area contributed by atoms with Crippen LogP contribution in [0.15, 0.2) is 60.8 Å². The molecular formula is C19H23N. The van der Waals surface area contributed by atoms with Gasteiger partial charge in [0.25, 0.3) is 0 Å². The van der Waals surface area contributed by atoms with Gasteiger partial charge in [0, 0.05) is 6.54 Å². The van der Waals surface area contributed by atoms with Gasteiger partial charge in [0.2, 0.25) is 0 Å². The quantitative estimate of drug-likeness (QED) is 0.841. The Labute approximate surface area is 122 Å². The van der Waals surface area contributed by atoms with E-state index in [0.717, 1.165) is 6.54 Å². The van der Waals surface area contributed by atoms with Gasteiger partial charge in [-0.1, -0.05) is 75.4 Å². The van der Waals surface area contributed by atoms with Crippen molar-refractivity contribution < 1.29 is 0 Å². The van der Waals surface area contributed by atoms with Crippen LogP contribution >= 0.6 is 0 Å². The Morgan fingerprint density at radius 2 is 1.55 bits per heavy atom. The third kappa shape index (κ3) is 4.27. The second-order valence-electron chi connectivity index (χ2n) is 6.07. The SMILES string of the molecule is CC(C)(C)c1ccc(CNC=Cc2ccccc2)cc1. The molecule has 2 rings (SSSR count). The molecule has 0 aliphatic heterocycles. The third-order valence-electron chi connectivity index (χ3n) is 3.32. The van der Waals surface area contributed by atoms with Crippen LogP contribution in [0, 0.1) is 0 Å². The van der Waals surface area contributed by atoms with Gasteiger partial charge < -0.3 is 5.32 Å². The molecule has 0 spiro atoms. The first kappa shape index (κ1) is 14.4. The van der Waals surface area contributed by atoms with Gasteiger partial charge in [-0.2, -0.15) is 0 Å². The first-order chi connectivity index (χ1) is 9.55. The minimum atomic E-state index is 0.221. The summed E-state index contributed by atoms with van der Waals surface area (Å²) in [6.07, 6.45) is 4.09. The predicted molar refractivity (Wildman–Crippen MR) is 87.5 cm³/mol. The lowest BCUT2D eigenvalue weighted by Crippen LogP contribution is -2.11. The van der Waals surface area contributed by atoms with Crippen LogP contribution in [0.2, 0.25) is 0 Å². The Balaban J connectivity index is 1.87. The maximum atomic E-state index is 3.33. The van der Waals surface area contributed by atoms with Crippen LogP contribution in [0.4, 0.5) is 0 Å². The van der Waals surface area contributed by atoms with Crippen molar-refractivity contribution in [3.8, 4) is 0 Å². The van der Waals surface area contributed by atoms with Gasteiger partial charge in [0.15, 0.2) is 0 Å². The fraction of sp³-hybridized carbons (Fsp3) is 0.263. The lowest BCUT2D eigenvalue weighted by atomic mass is 9.87. The molecule has 0 saturated heterocycles. The summed E-state index contributed by atoms with van der Waals surface area (Å²) in [6, 6.07) is 19.1. The normalized spacial score (nSPS) is 11.8. The first-order valence-electron chi connectivity index (χ1n) is 7.10. The number of hydrogen-bond donors (Lipinski definition) is 1. The Morgan fingerprint density at radius 3 is 2.15 bits per heavy atom. The molecule has 0 aromatic heterocycles. The van der Waals surface area contributed by atoms with Gasteiger partial charge in [-0.15, -0.1) is 0 Å². The smallest absolute Gasteiger partial charge is 0.0395 e. The van der Waals surface area contributed by atoms with Crippen molar-refractivity contribution >= 4 is 6.08 Å². The molecule has 0 unspecified atom stereocenters. The van der Waals surface area contributed by atoms with Crippen molar-refractivity contribution in [1.82, 2.24) is 5.32 Å². The molecule has 0 fully saturated rings. The summed E-state index contributed by atoms with van der Waals surface area (Å²) in [5.74, 6) is 0. The summed E-state index contributed by atoms with van der Waals surface area (Å²) < 4.78 is 0. The van der Waals surface area contributed by atoms with Crippen molar-refractivity contribution in [2.24, 2.45) is 0 Å². The fourth-order valence-electron chi connectivity index (χ4n) is 2.02. The summed E-state index contributed by atoms with van der Waals surface area (Å²) in [6.45, 7) is 7.57. The Kier molecular flexibility index (Phi) is 4.62. The van der Waals surface area contributed by atoms with E-state index in [4.69, 9.17) is 0 Å². The average Bonchev–Trinajstić information content (AvgIpc) is 2.44. The Bertz CT molecular complexity index is 545. The van der Waals surface area contributed by atoms with E-state index in [1.807, 2.05) is 24.4 Å². The molecule has 0 saturated carbocycles. The number of rotatable bonds is 4. The summed E-state index contributed by atoms with van der Waals surface area (Å²) in [7, 11) is 0. The number of hydrogen-bond acceptors (Lipinski definition) is 1. The molecular weight excluding hydrogens is 242 g/mol. The minimum absolute atomic E-state index is 0.221. The molecule has 20 heavy (non-hydrogen) atoms. The fourth-order valence-corrected chi connectivity index (χ4v) is 2.02. The zero-order valence-electron chi connectivity index (χ0n) is 12.6. The van der Waals surface area contributed by atoms with Gasteiger partial charge >= 0.3 is 0 Å². The predicted octanol–water partition coefficient (Wildman–Crippen LogP) is 4.74. The number of benzene rings is 2. The summed E-state index contributed by atoms with van der Waals surface area (Å²) in [5.41, 5.74) is 4.11. The van der Waals surface area contributed by atoms with Crippen molar-refractivity contribution in [3.05, 3.63) is 77.5 Å². The lowest BCUT2D eigenvalue weighted by Gasteiger charge is -2.19. The van der Waals surface area contributed by atoms with Gasteiger partial charge in [-0.3, -0.25) is 0 Å². The van der Waals surface area contributed by atoms with Gasteiger partial charge in [0.1, 0.15) is 0 Å². The minimum Gasteiger partial charge on any atom is -0.387 e. The molecule has 2 aromatic carbocycles. The molecule has 0 radical (unpaired) electrons. The van der Waals surface area contributed by atoms with E-state index in [1.165, 1.54) is 16.7 Å². The topological polar surface area (TPSA) is 12.0 Å². The van der Waals surface area contributed by atoms with Crippen molar-refractivity contribution in [3.63, 3.8) is 0 Å². The van der Waals surface area contributed by atoms with Gasteiger partial charge in [0.05, 0.1) is 0 Å². The molecule has 0 heterocycles. The molecule has 0 amide bonds. The van der Waals surface area contributed by atoms with E-state index in [9.17, 15) is 0 Å². The molecule has 1 nitrogen and oxygen atoms in total. The van der Waals surface area contributed by atoms with Crippen LogP contribution in [0.25, 0.3) is 6.08 Å². The molecule has 0 aliphatic carbocycles. The molecule has 1 heteroatoms. The second kappa shape index (κ2) is 6.42. The highest BCUT2D eigenvalue weighted by atomic mass is 14.8. The maximum absolute atomic E-state index is 3.33. The summed E-state index contributed by atoms with van der Waals surface area (Å²) >= 11 is 0. The van der Waals surface area contributed by atoms with E-state index in [2.05, 4.69) is 68.6 Å². The molecule has 0 aliphatic rings.